The normalized spacial score (nSPS) is 17.5. The predicted molar refractivity (Wildman–Crippen MR) is 123 cm³/mol. The molecular formula is C21H17ClN4O3S2. The maximum Gasteiger partial charge on any atom is 0.283 e. The van der Waals surface area contributed by atoms with Crippen LogP contribution in [-0.2, 0) is 10.5 Å². The van der Waals surface area contributed by atoms with Crippen molar-refractivity contribution in [2.24, 2.45) is 4.99 Å². The number of carbonyl (C=O) groups excluding carboxylic acids is 1. The number of aromatic nitrogens is 2. The molecule has 10 heteroatoms. The Morgan fingerprint density at radius 3 is 2.94 bits per heavy atom. The number of thiophene rings is 1. The van der Waals surface area contributed by atoms with Crippen LogP contribution in [0.1, 0.15) is 35.4 Å². The Morgan fingerprint density at radius 1 is 1.35 bits per heavy atom. The molecule has 0 bridgehead atoms. The summed E-state index contributed by atoms with van der Waals surface area (Å²) in [5, 5.41) is 11.1. The Bertz CT molecular complexity index is 1190. The van der Waals surface area contributed by atoms with Crippen molar-refractivity contribution in [3.05, 3.63) is 63.1 Å². The minimum atomic E-state index is -0.221. The predicted octanol–water partition coefficient (Wildman–Crippen LogP) is 5.35. The van der Waals surface area contributed by atoms with Gasteiger partial charge in [-0.1, -0.05) is 29.4 Å². The molecule has 1 amide bonds. The van der Waals surface area contributed by atoms with Gasteiger partial charge >= 0.3 is 0 Å². The first-order chi connectivity index (χ1) is 15.1. The Morgan fingerprint density at radius 2 is 2.23 bits per heavy atom. The number of thioether (sulfide) groups is 1. The lowest BCUT2D eigenvalue weighted by Crippen LogP contribution is -2.30. The lowest BCUT2D eigenvalue weighted by atomic mass is 10.2. The number of aliphatic imine (C=N–C) groups is 1. The number of hydrogen-bond acceptors (Lipinski definition) is 8. The SMILES string of the molecule is COc1ccc(N2C(=O)/C(=C/c3cccs3)N=C2SCc2nnc(C3CC3)o2)cc1Cl. The van der Waals surface area contributed by atoms with Gasteiger partial charge in [-0.05, 0) is 48.6 Å². The number of benzene rings is 1. The van der Waals surface area contributed by atoms with Gasteiger partial charge in [-0.3, -0.25) is 9.69 Å². The largest absolute Gasteiger partial charge is 0.495 e. The summed E-state index contributed by atoms with van der Waals surface area (Å²) >= 11 is 9.22. The van der Waals surface area contributed by atoms with Crippen LogP contribution >= 0.6 is 34.7 Å². The lowest BCUT2D eigenvalue weighted by molar-refractivity contribution is -0.113. The van der Waals surface area contributed by atoms with Crippen molar-refractivity contribution in [3.8, 4) is 5.75 Å². The summed E-state index contributed by atoms with van der Waals surface area (Å²) in [4.78, 5) is 20.3. The molecule has 1 saturated carbocycles. The highest BCUT2D eigenvalue weighted by molar-refractivity contribution is 8.13. The number of methoxy groups -OCH3 is 1. The van der Waals surface area contributed by atoms with Crippen LogP contribution in [0.4, 0.5) is 5.69 Å². The number of nitrogens with zero attached hydrogens (tertiary/aromatic N) is 4. The van der Waals surface area contributed by atoms with E-state index in [9.17, 15) is 4.79 Å². The van der Waals surface area contributed by atoms with Gasteiger partial charge in [0.25, 0.3) is 5.91 Å². The van der Waals surface area contributed by atoms with Gasteiger partial charge in [0, 0.05) is 10.8 Å². The molecule has 7 nitrogen and oxygen atoms in total. The van der Waals surface area contributed by atoms with Crippen LogP contribution in [0.5, 0.6) is 5.75 Å². The van der Waals surface area contributed by atoms with E-state index in [4.69, 9.17) is 20.8 Å². The second-order valence-electron chi connectivity index (χ2n) is 7.00. The van der Waals surface area contributed by atoms with E-state index in [0.717, 1.165) is 17.7 Å². The first-order valence-electron chi connectivity index (χ1n) is 9.59. The molecule has 2 aromatic heterocycles. The van der Waals surface area contributed by atoms with E-state index >= 15 is 0 Å². The molecule has 0 spiro atoms. The Labute approximate surface area is 191 Å². The summed E-state index contributed by atoms with van der Waals surface area (Å²) < 4.78 is 11.0. The average molecular weight is 473 g/mol. The van der Waals surface area contributed by atoms with Crippen molar-refractivity contribution in [2.75, 3.05) is 12.0 Å². The lowest BCUT2D eigenvalue weighted by Gasteiger charge is -2.18. The number of ether oxygens (including phenoxy) is 1. The van der Waals surface area contributed by atoms with Gasteiger partial charge in [-0.25, -0.2) is 4.99 Å². The topological polar surface area (TPSA) is 80.8 Å². The number of amidine groups is 1. The van der Waals surface area contributed by atoms with Gasteiger partial charge in [0.2, 0.25) is 11.8 Å². The van der Waals surface area contributed by atoms with Crippen molar-refractivity contribution < 1.29 is 13.9 Å². The molecule has 31 heavy (non-hydrogen) atoms. The molecule has 1 aromatic carbocycles. The number of halogens is 1. The summed E-state index contributed by atoms with van der Waals surface area (Å²) in [5.41, 5.74) is 0.974. The van der Waals surface area contributed by atoms with E-state index in [1.54, 1.807) is 47.6 Å². The van der Waals surface area contributed by atoms with Gasteiger partial charge in [0.15, 0.2) is 5.17 Å². The minimum absolute atomic E-state index is 0.221. The third-order valence-corrected chi connectivity index (χ3v) is 6.82. The molecule has 0 unspecified atom stereocenters. The third kappa shape index (κ3) is 4.26. The van der Waals surface area contributed by atoms with Crippen LogP contribution in [0.15, 0.2) is 50.8 Å². The summed E-state index contributed by atoms with van der Waals surface area (Å²) in [6.07, 6.45) is 3.98. The van der Waals surface area contributed by atoms with Crippen LogP contribution < -0.4 is 9.64 Å². The fourth-order valence-corrected chi connectivity index (χ4v) is 4.82. The van der Waals surface area contributed by atoms with Gasteiger partial charge in [-0.2, -0.15) is 0 Å². The third-order valence-electron chi connectivity index (χ3n) is 4.78. The van der Waals surface area contributed by atoms with E-state index in [1.165, 1.54) is 11.8 Å². The molecule has 0 radical (unpaired) electrons. The summed E-state index contributed by atoms with van der Waals surface area (Å²) in [6, 6.07) is 9.08. The summed E-state index contributed by atoms with van der Waals surface area (Å²) in [7, 11) is 1.55. The standard InChI is InChI=1S/C21H17ClN4O3S2/c1-28-17-7-6-13(9-15(17)22)26-20(27)16(10-14-3-2-8-30-14)23-21(26)31-11-18-24-25-19(29-18)12-4-5-12/h2-3,6-10,12H,4-5,11H2,1H3/b16-10-. The van der Waals surface area contributed by atoms with Crippen LogP contribution in [0, 0.1) is 0 Å². The smallest absolute Gasteiger partial charge is 0.283 e. The molecule has 5 rings (SSSR count). The first kappa shape index (κ1) is 20.3. The number of rotatable bonds is 6. The zero-order valence-corrected chi connectivity index (χ0v) is 18.8. The Balaban J connectivity index is 1.44. The second kappa shape index (κ2) is 8.49. The molecule has 0 N–H and O–H groups in total. The van der Waals surface area contributed by atoms with Gasteiger partial charge in [0.1, 0.15) is 11.4 Å². The van der Waals surface area contributed by atoms with Crippen molar-refractivity contribution in [1.82, 2.24) is 10.2 Å². The van der Waals surface area contributed by atoms with E-state index in [2.05, 4.69) is 15.2 Å². The van der Waals surface area contributed by atoms with Crippen molar-refractivity contribution in [2.45, 2.75) is 24.5 Å². The van der Waals surface area contributed by atoms with Crippen LogP contribution in [-0.4, -0.2) is 28.4 Å². The molecular weight excluding hydrogens is 456 g/mol. The molecule has 3 aromatic rings. The summed E-state index contributed by atoms with van der Waals surface area (Å²) in [6.45, 7) is 0. The first-order valence-corrected chi connectivity index (χ1v) is 11.8. The molecule has 1 aliphatic heterocycles. The zero-order chi connectivity index (χ0) is 21.4. The van der Waals surface area contributed by atoms with E-state index in [0.29, 0.717) is 50.8 Å². The number of anilines is 1. The number of hydrogen-bond donors (Lipinski definition) is 0. The van der Waals surface area contributed by atoms with Crippen molar-refractivity contribution in [1.29, 1.82) is 0 Å². The van der Waals surface area contributed by atoms with Crippen molar-refractivity contribution >= 4 is 57.5 Å². The highest BCUT2D eigenvalue weighted by atomic mass is 35.5. The second-order valence-corrected chi connectivity index (χ2v) is 9.32. The fraction of sp³-hybridized carbons (Fsp3) is 0.238. The number of carbonyl (C=O) groups is 1. The maximum atomic E-state index is 13.2. The van der Waals surface area contributed by atoms with Gasteiger partial charge in [-0.15, -0.1) is 21.5 Å². The number of amides is 1. The van der Waals surface area contributed by atoms with Crippen LogP contribution in [0.3, 0.4) is 0 Å². The van der Waals surface area contributed by atoms with E-state index < -0.39 is 0 Å². The fourth-order valence-electron chi connectivity index (χ4n) is 3.07. The van der Waals surface area contributed by atoms with E-state index in [1.807, 2.05) is 17.5 Å². The monoisotopic (exact) mass is 472 g/mol. The molecule has 3 heterocycles. The molecule has 0 saturated heterocycles. The minimum Gasteiger partial charge on any atom is -0.495 e. The van der Waals surface area contributed by atoms with Crippen LogP contribution in [0.25, 0.3) is 6.08 Å². The molecule has 158 valence electrons. The molecule has 1 fully saturated rings. The molecule has 2 aliphatic rings. The average Bonchev–Trinajstić information content (AvgIpc) is 3.16. The maximum absolute atomic E-state index is 13.2. The molecule has 1 aliphatic carbocycles. The summed E-state index contributed by atoms with van der Waals surface area (Å²) in [5.74, 6) is 2.34. The van der Waals surface area contributed by atoms with Crippen LogP contribution in [0.2, 0.25) is 5.02 Å². The zero-order valence-electron chi connectivity index (χ0n) is 16.4. The Hall–Kier alpha value is -2.62. The van der Waals surface area contributed by atoms with Gasteiger partial charge in [0.05, 0.1) is 23.6 Å². The molecule has 0 atom stereocenters. The quantitative estimate of drug-likeness (QED) is 0.450. The Kier molecular flexibility index (Phi) is 5.56. The van der Waals surface area contributed by atoms with Crippen molar-refractivity contribution in [3.63, 3.8) is 0 Å². The highest BCUT2D eigenvalue weighted by Crippen LogP contribution is 2.39. The van der Waals surface area contributed by atoms with E-state index in [-0.39, 0.29) is 5.91 Å². The highest BCUT2D eigenvalue weighted by Gasteiger charge is 2.33. The van der Waals surface area contributed by atoms with Gasteiger partial charge < -0.3 is 9.15 Å².